The first-order valence-corrected chi connectivity index (χ1v) is 7.71. The van der Waals surface area contributed by atoms with E-state index < -0.39 is 0 Å². The third-order valence-corrected chi connectivity index (χ3v) is 3.44. The van der Waals surface area contributed by atoms with Crippen molar-refractivity contribution in [2.75, 3.05) is 11.4 Å². The average molecular weight is 312 g/mol. The van der Waals surface area contributed by atoms with Gasteiger partial charge < -0.3 is 4.90 Å². The second-order valence-corrected chi connectivity index (χ2v) is 5.85. The molecule has 0 saturated carbocycles. The van der Waals surface area contributed by atoms with Crippen LogP contribution in [0.1, 0.15) is 24.2 Å². The SMILES string of the molecule is CC(C)CN(C(=S)NC(=O)c1ccccc1)c1ccccc1. The molecule has 114 valence electrons. The fourth-order valence-electron chi connectivity index (χ4n) is 2.10. The van der Waals surface area contributed by atoms with Crippen LogP contribution in [0.25, 0.3) is 0 Å². The van der Waals surface area contributed by atoms with Crippen LogP contribution < -0.4 is 10.2 Å². The monoisotopic (exact) mass is 312 g/mol. The van der Waals surface area contributed by atoms with Crippen LogP contribution in [0.2, 0.25) is 0 Å². The first-order valence-electron chi connectivity index (χ1n) is 7.31. The van der Waals surface area contributed by atoms with Gasteiger partial charge in [-0.15, -0.1) is 0 Å². The lowest BCUT2D eigenvalue weighted by Gasteiger charge is -2.27. The van der Waals surface area contributed by atoms with Gasteiger partial charge in [0.1, 0.15) is 0 Å². The fraction of sp³-hybridized carbons (Fsp3) is 0.222. The molecule has 0 spiro atoms. The molecule has 0 heterocycles. The van der Waals surface area contributed by atoms with Gasteiger partial charge in [-0.1, -0.05) is 50.2 Å². The summed E-state index contributed by atoms with van der Waals surface area (Å²) in [6.07, 6.45) is 0. The topological polar surface area (TPSA) is 32.3 Å². The van der Waals surface area contributed by atoms with Crippen LogP contribution in [-0.4, -0.2) is 17.6 Å². The van der Waals surface area contributed by atoms with E-state index in [9.17, 15) is 4.79 Å². The number of amides is 1. The minimum absolute atomic E-state index is 0.185. The Labute approximate surface area is 137 Å². The van der Waals surface area contributed by atoms with E-state index in [0.717, 1.165) is 12.2 Å². The van der Waals surface area contributed by atoms with Crippen molar-refractivity contribution in [3.8, 4) is 0 Å². The Morgan fingerprint density at radius 3 is 2.14 bits per heavy atom. The Bertz CT molecular complexity index is 626. The summed E-state index contributed by atoms with van der Waals surface area (Å²) in [5.41, 5.74) is 1.58. The molecule has 22 heavy (non-hydrogen) atoms. The fourth-order valence-corrected chi connectivity index (χ4v) is 2.38. The van der Waals surface area contributed by atoms with Gasteiger partial charge in [-0.25, -0.2) is 0 Å². The second kappa shape index (κ2) is 7.71. The van der Waals surface area contributed by atoms with E-state index in [1.165, 1.54) is 0 Å². The van der Waals surface area contributed by atoms with E-state index in [1.54, 1.807) is 12.1 Å². The summed E-state index contributed by atoms with van der Waals surface area (Å²) in [7, 11) is 0. The summed E-state index contributed by atoms with van der Waals surface area (Å²) >= 11 is 5.45. The summed E-state index contributed by atoms with van der Waals surface area (Å²) in [6.45, 7) is 4.99. The molecular formula is C18H20N2OS. The zero-order chi connectivity index (χ0) is 15.9. The van der Waals surface area contributed by atoms with Gasteiger partial charge in [-0.05, 0) is 42.4 Å². The molecule has 0 aliphatic heterocycles. The maximum Gasteiger partial charge on any atom is 0.257 e. The molecule has 0 radical (unpaired) electrons. The molecule has 0 saturated heterocycles. The van der Waals surface area contributed by atoms with E-state index in [0.29, 0.717) is 16.6 Å². The number of rotatable bonds is 4. The lowest BCUT2D eigenvalue weighted by molar-refractivity contribution is 0.0977. The van der Waals surface area contributed by atoms with E-state index in [1.807, 2.05) is 53.4 Å². The number of carbonyl (C=O) groups excluding carboxylic acids is 1. The average Bonchev–Trinajstić information content (AvgIpc) is 2.54. The summed E-state index contributed by atoms with van der Waals surface area (Å²) in [5.74, 6) is 0.238. The third-order valence-electron chi connectivity index (χ3n) is 3.12. The molecule has 1 amide bonds. The highest BCUT2D eigenvalue weighted by molar-refractivity contribution is 7.80. The molecular weight excluding hydrogens is 292 g/mol. The van der Waals surface area contributed by atoms with E-state index in [-0.39, 0.29) is 5.91 Å². The molecule has 3 nitrogen and oxygen atoms in total. The number of hydrogen-bond acceptors (Lipinski definition) is 2. The molecule has 4 heteroatoms. The zero-order valence-electron chi connectivity index (χ0n) is 12.8. The molecule has 0 aromatic heterocycles. The van der Waals surface area contributed by atoms with Crippen LogP contribution >= 0.6 is 12.2 Å². The van der Waals surface area contributed by atoms with Crippen molar-refractivity contribution in [2.24, 2.45) is 5.92 Å². The van der Waals surface area contributed by atoms with Gasteiger partial charge in [-0.3, -0.25) is 10.1 Å². The lowest BCUT2D eigenvalue weighted by Crippen LogP contribution is -2.44. The largest absolute Gasteiger partial charge is 0.318 e. The van der Waals surface area contributed by atoms with Crippen molar-refractivity contribution >= 4 is 28.9 Å². The predicted octanol–water partition coefficient (Wildman–Crippen LogP) is 3.86. The number of para-hydroxylation sites is 1. The Kier molecular flexibility index (Phi) is 5.67. The van der Waals surface area contributed by atoms with Crippen LogP contribution in [0.4, 0.5) is 5.69 Å². The van der Waals surface area contributed by atoms with E-state index >= 15 is 0 Å². The van der Waals surface area contributed by atoms with Crippen molar-refractivity contribution in [2.45, 2.75) is 13.8 Å². The van der Waals surface area contributed by atoms with E-state index in [4.69, 9.17) is 12.2 Å². The van der Waals surface area contributed by atoms with Crippen molar-refractivity contribution in [3.63, 3.8) is 0 Å². The molecule has 0 atom stereocenters. The van der Waals surface area contributed by atoms with Crippen LogP contribution in [0.15, 0.2) is 60.7 Å². The maximum atomic E-state index is 12.3. The number of hydrogen-bond donors (Lipinski definition) is 1. The smallest absolute Gasteiger partial charge is 0.257 e. The standard InChI is InChI=1S/C18H20N2OS/c1-14(2)13-20(16-11-7-4-8-12-16)18(22)19-17(21)15-9-5-3-6-10-15/h3-12,14H,13H2,1-2H3,(H,19,21,22). The first kappa shape index (κ1) is 16.2. The van der Waals surface area contributed by atoms with Gasteiger partial charge in [-0.2, -0.15) is 0 Å². The number of carbonyl (C=O) groups is 1. The number of benzene rings is 2. The van der Waals surface area contributed by atoms with Crippen molar-refractivity contribution < 1.29 is 4.79 Å². The molecule has 2 aromatic carbocycles. The predicted molar refractivity (Wildman–Crippen MR) is 95.1 cm³/mol. The third kappa shape index (κ3) is 4.40. The van der Waals surface area contributed by atoms with Gasteiger partial charge in [0.25, 0.3) is 5.91 Å². The molecule has 0 bridgehead atoms. The highest BCUT2D eigenvalue weighted by Gasteiger charge is 2.16. The molecule has 2 aromatic rings. The Balaban J connectivity index is 2.14. The van der Waals surface area contributed by atoms with Gasteiger partial charge in [0.05, 0.1) is 0 Å². The van der Waals surface area contributed by atoms with Gasteiger partial charge in [0.2, 0.25) is 0 Å². The van der Waals surface area contributed by atoms with Gasteiger partial charge in [0.15, 0.2) is 5.11 Å². The van der Waals surface area contributed by atoms with Crippen LogP contribution in [-0.2, 0) is 0 Å². The van der Waals surface area contributed by atoms with Crippen molar-refractivity contribution in [3.05, 3.63) is 66.2 Å². The van der Waals surface area contributed by atoms with Crippen LogP contribution in [0.5, 0.6) is 0 Å². The summed E-state index contributed by atoms with van der Waals surface area (Å²) in [4.78, 5) is 14.2. The highest BCUT2D eigenvalue weighted by Crippen LogP contribution is 2.15. The van der Waals surface area contributed by atoms with Crippen LogP contribution in [0.3, 0.4) is 0 Å². The number of nitrogens with zero attached hydrogens (tertiary/aromatic N) is 1. The zero-order valence-corrected chi connectivity index (χ0v) is 13.6. The Hall–Kier alpha value is -2.20. The van der Waals surface area contributed by atoms with Crippen LogP contribution in [0, 0.1) is 5.92 Å². The maximum absolute atomic E-state index is 12.3. The molecule has 2 rings (SSSR count). The first-order chi connectivity index (χ1) is 10.6. The lowest BCUT2D eigenvalue weighted by atomic mass is 10.2. The molecule has 0 aliphatic rings. The molecule has 0 unspecified atom stereocenters. The molecule has 0 fully saturated rings. The second-order valence-electron chi connectivity index (χ2n) is 5.47. The quantitative estimate of drug-likeness (QED) is 0.870. The normalized spacial score (nSPS) is 10.3. The van der Waals surface area contributed by atoms with Gasteiger partial charge >= 0.3 is 0 Å². The minimum atomic E-state index is -0.185. The number of anilines is 1. The molecule has 1 N–H and O–H groups in total. The highest BCUT2D eigenvalue weighted by atomic mass is 32.1. The summed E-state index contributed by atoms with van der Waals surface area (Å²) < 4.78 is 0. The summed E-state index contributed by atoms with van der Waals surface area (Å²) in [5, 5.41) is 3.24. The van der Waals surface area contributed by atoms with E-state index in [2.05, 4.69) is 19.2 Å². The van der Waals surface area contributed by atoms with Gasteiger partial charge in [0, 0.05) is 17.8 Å². The number of nitrogens with one attached hydrogen (secondary N) is 1. The number of thiocarbonyl (C=S) groups is 1. The minimum Gasteiger partial charge on any atom is -0.318 e. The Morgan fingerprint density at radius 1 is 1.05 bits per heavy atom. The Morgan fingerprint density at radius 2 is 1.59 bits per heavy atom. The van der Waals surface area contributed by atoms with Crippen molar-refractivity contribution in [1.82, 2.24) is 5.32 Å². The summed E-state index contributed by atoms with van der Waals surface area (Å²) in [6, 6.07) is 19.0. The molecule has 0 aliphatic carbocycles. The van der Waals surface area contributed by atoms with Crippen molar-refractivity contribution in [1.29, 1.82) is 0 Å².